The molecule has 1 rings (SSSR count). The molecule has 0 spiro atoms. The Morgan fingerprint density at radius 2 is 2.08 bits per heavy atom. The molecular weight excluding hydrogens is 176 g/mol. The Balaban J connectivity index is 0. The number of imidazole rings is 1. The van der Waals surface area contributed by atoms with Crippen LogP contribution >= 0.6 is 0 Å². The first-order chi connectivity index (χ1) is 5.45. The maximum Gasteiger partial charge on any atom is 0.252 e. The summed E-state index contributed by atoms with van der Waals surface area (Å²) < 4.78 is 4.17. The van der Waals surface area contributed by atoms with E-state index in [0.29, 0.717) is 0 Å². The van der Waals surface area contributed by atoms with Crippen molar-refractivity contribution in [1.82, 2.24) is 4.57 Å². The smallest absolute Gasteiger partial charge is 0.252 e. The minimum atomic E-state index is -2.08. The molecular formula is C7H14N2O4. The molecule has 13 heavy (non-hydrogen) atoms. The molecule has 0 saturated heterocycles. The summed E-state index contributed by atoms with van der Waals surface area (Å²) in [5.41, 5.74) is 0. The van der Waals surface area contributed by atoms with Gasteiger partial charge in [-0.3, -0.25) is 0 Å². The molecule has 0 aliphatic heterocycles. The van der Waals surface area contributed by atoms with Crippen molar-refractivity contribution in [3.05, 3.63) is 18.2 Å². The third kappa shape index (κ3) is 5.68. The van der Waals surface area contributed by atoms with Crippen LogP contribution in [-0.2, 0) is 14.1 Å². The second kappa shape index (κ2) is 6.01. The van der Waals surface area contributed by atoms with Crippen LogP contribution in [0.1, 0.15) is 5.82 Å². The van der Waals surface area contributed by atoms with E-state index in [9.17, 15) is 0 Å². The third-order valence-electron chi connectivity index (χ3n) is 1.53. The molecule has 1 aromatic heterocycles. The summed E-state index contributed by atoms with van der Waals surface area (Å²) in [5, 5.41) is 15.3. The average Bonchev–Trinajstić information content (AvgIpc) is 2.19. The summed E-state index contributed by atoms with van der Waals surface area (Å²) in [6.07, 6.45) is 1.99. The lowest BCUT2D eigenvalue weighted by Gasteiger charge is -1.84. The second-order valence-electron chi connectivity index (χ2n) is 2.33. The molecule has 1 heterocycles. The van der Waals surface area contributed by atoms with Crippen LogP contribution in [0.5, 0.6) is 0 Å². The molecule has 6 heteroatoms. The lowest BCUT2D eigenvalue weighted by Crippen LogP contribution is -2.29. The van der Waals surface area contributed by atoms with Crippen molar-refractivity contribution in [2.45, 2.75) is 6.92 Å². The summed E-state index contributed by atoms with van der Waals surface area (Å²) in [6, 6.07) is 0. The SMILES string of the molecule is Cc1n(C)cc[n+]1C.O.O=C([O-])O. The summed E-state index contributed by atoms with van der Waals surface area (Å²) in [6.45, 7) is 2.08. The molecule has 0 fully saturated rings. The first-order valence-corrected chi connectivity index (χ1v) is 3.32. The van der Waals surface area contributed by atoms with Crippen LogP contribution < -0.4 is 9.67 Å². The monoisotopic (exact) mass is 190 g/mol. The fourth-order valence-electron chi connectivity index (χ4n) is 0.665. The Hall–Kier alpha value is -1.56. The molecule has 0 aromatic carbocycles. The molecule has 76 valence electrons. The lowest BCUT2D eigenvalue weighted by molar-refractivity contribution is -0.677. The molecule has 0 radical (unpaired) electrons. The van der Waals surface area contributed by atoms with E-state index in [1.807, 2.05) is 26.5 Å². The van der Waals surface area contributed by atoms with Crippen LogP contribution in [0.4, 0.5) is 4.79 Å². The Bertz CT molecular complexity index is 246. The van der Waals surface area contributed by atoms with Crippen molar-refractivity contribution in [1.29, 1.82) is 0 Å². The van der Waals surface area contributed by atoms with Gasteiger partial charge >= 0.3 is 0 Å². The van der Waals surface area contributed by atoms with Crippen molar-refractivity contribution in [3.8, 4) is 0 Å². The van der Waals surface area contributed by atoms with Gasteiger partial charge in [0.05, 0.1) is 14.1 Å². The van der Waals surface area contributed by atoms with Gasteiger partial charge in [-0.05, 0) is 0 Å². The normalized spacial score (nSPS) is 7.92. The fourth-order valence-corrected chi connectivity index (χ4v) is 0.665. The van der Waals surface area contributed by atoms with Gasteiger partial charge in [0.2, 0.25) is 6.16 Å². The Kier molecular flexibility index (Phi) is 6.47. The number of aromatic nitrogens is 2. The zero-order valence-corrected chi connectivity index (χ0v) is 7.81. The average molecular weight is 190 g/mol. The first kappa shape index (κ1) is 14.0. The van der Waals surface area contributed by atoms with E-state index in [1.54, 1.807) is 0 Å². The molecule has 0 saturated carbocycles. The summed E-state index contributed by atoms with van der Waals surface area (Å²) in [7, 11) is 4.07. The van der Waals surface area contributed by atoms with Gasteiger partial charge in [0.1, 0.15) is 12.4 Å². The molecule has 0 unspecified atom stereocenters. The van der Waals surface area contributed by atoms with E-state index in [0.717, 1.165) is 0 Å². The van der Waals surface area contributed by atoms with Gasteiger partial charge in [-0.25, -0.2) is 9.13 Å². The molecule has 3 N–H and O–H groups in total. The maximum atomic E-state index is 8.44. The molecule has 0 aliphatic rings. The predicted octanol–water partition coefficient (Wildman–Crippen LogP) is -1.78. The summed E-state index contributed by atoms with van der Waals surface area (Å²) in [5.74, 6) is 1.27. The van der Waals surface area contributed by atoms with Crippen LogP contribution in [-0.4, -0.2) is 21.3 Å². The highest BCUT2D eigenvalue weighted by atomic mass is 16.6. The number of aryl methyl sites for hydroxylation is 2. The Morgan fingerprint density at radius 3 is 2.15 bits per heavy atom. The van der Waals surface area contributed by atoms with Gasteiger partial charge in [0.25, 0.3) is 5.82 Å². The molecule has 0 bridgehead atoms. The number of rotatable bonds is 0. The Labute approximate surface area is 76.0 Å². The van der Waals surface area contributed by atoms with Gasteiger partial charge < -0.3 is 20.5 Å². The maximum absolute atomic E-state index is 8.44. The minimum Gasteiger partial charge on any atom is -0.565 e. The quantitative estimate of drug-likeness (QED) is 0.489. The minimum absolute atomic E-state index is 0. The Morgan fingerprint density at radius 1 is 1.69 bits per heavy atom. The number of hydrogen-bond acceptors (Lipinski definition) is 2. The van der Waals surface area contributed by atoms with E-state index < -0.39 is 6.16 Å². The molecule has 1 aromatic rings. The van der Waals surface area contributed by atoms with Crippen LogP contribution in [0.3, 0.4) is 0 Å². The number of hydrogen-bond donors (Lipinski definition) is 1. The topological polar surface area (TPSA) is 101 Å². The van der Waals surface area contributed by atoms with Crippen molar-refractivity contribution < 1.29 is 25.1 Å². The zero-order chi connectivity index (χ0) is 9.72. The molecule has 0 aliphatic carbocycles. The largest absolute Gasteiger partial charge is 0.565 e. The van der Waals surface area contributed by atoms with Crippen molar-refractivity contribution >= 4 is 6.16 Å². The van der Waals surface area contributed by atoms with Gasteiger partial charge in [-0.15, -0.1) is 0 Å². The highest BCUT2D eigenvalue weighted by molar-refractivity contribution is 5.50. The van der Waals surface area contributed by atoms with Crippen LogP contribution in [0.15, 0.2) is 12.4 Å². The third-order valence-corrected chi connectivity index (χ3v) is 1.53. The predicted molar refractivity (Wildman–Crippen MR) is 43.0 cm³/mol. The van der Waals surface area contributed by atoms with Gasteiger partial charge in [-0.1, -0.05) is 0 Å². The molecule has 6 nitrogen and oxygen atoms in total. The van der Waals surface area contributed by atoms with E-state index in [2.05, 4.69) is 16.1 Å². The van der Waals surface area contributed by atoms with Gasteiger partial charge in [0, 0.05) is 6.92 Å². The highest BCUT2D eigenvalue weighted by Gasteiger charge is 2.00. The molecule has 0 atom stereocenters. The highest BCUT2D eigenvalue weighted by Crippen LogP contribution is 1.84. The van der Waals surface area contributed by atoms with Crippen molar-refractivity contribution in [2.75, 3.05) is 0 Å². The fraction of sp³-hybridized carbons (Fsp3) is 0.429. The van der Waals surface area contributed by atoms with E-state index in [-0.39, 0.29) is 5.48 Å². The number of nitrogens with zero attached hydrogens (tertiary/aromatic N) is 2. The summed E-state index contributed by atoms with van der Waals surface area (Å²) in [4.78, 5) is 8.44. The lowest BCUT2D eigenvalue weighted by atomic mass is 10.7. The van der Waals surface area contributed by atoms with Crippen LogP contribution in [0.2, 0.25) is 0 Å². The first-order valence-electron chi connectivity index (χ1n) is 3.32. The van der Waals surface area contributed by atoms with Crippen molar-refractivity contribution in [2.24, 2.45) is 14.1 Å². The summed E-state index contributed by atoms with van der Waals surface area (Å²) >= 11 is 0. The standard InChI is InChI=1S/C6H11N2.CH2O3.H2O/c1-6-7(2)4-5-8(6)3;2-1(3)4;/h4-5H,1-3H3;(H2,2,3,4);1H2/q+1;;/p-1. The van der Waals surface area contributed by atoms with Crippen molar-refractivity contribution in [3.63, 3.8) is 0 Å². The molecule has 0 amide bonds. The van der Waals surface area contributed by atoms with Gasteiger partial charge in [0.15, 0.2) is 0 Å². The second-order valence-corrected chi connectivity index (χ2v) is 2.33. The van der Waals surface area contributed by atoms with E-state index in [4.69, 9.17) is 15.0 Å². The van der Waals surface area contributed by atoms with E-state index in [1.165, 1.54) is 5.82 Å². The zero-order valence-electron chi connectivity index (χ0n) is 7.81. The number of carbonyl (C=O) groups is 1. The van der Waals surface area contributed by atoms with E-state index >= 15 is 0 Å². The van der Waals surface area contributed by atoms with Crippen LogP contribution in [0, 0.1) is 6.92 Å². The van der Waals surface area contributed by atoms with Crippen LogP contribution in [0.25, 0.3) is 0 Å². The number of carboxylic acid groups (broad SMARTS) is 2. The van der Waals surface area contributed by atoms with Gasteiger partial charge in [-0.2, -0.15) is 0 Å².